The summed E-state index contributed by atoms with van der Waals surface area (Å²) in [5.74, 6) is 1.02. The molecule has 0 N–H and O–H groups in total. The molecule has 0 unspecified atom stereocenters. The van der Waals surface area contributed by atoms with E-state index >= 15 is 0 Å². The molecule has 22 heavy (non-hydrogen) atoms. The number of Topliss-reactive ketones (excluding diaryl/α,β-unsaturated/α-hetero) is 1. The predicted octanol–water partition coefficient (Wildman–Crippen LogP) is 3.32. The molecule has 0 bridgehead atoms. The maximum absolute atomic E-state index is 11.4. The van der Waals surface area contributed by atoms with E-state index < -0.39 is 0 Å². The fraction of sp³-hybridized carbons (Fsp3) is 0.375. The van der Waals surface area contributed by atoms with Gasteiger partial charge in [0.25, 0.3) is 0 Å². The number of carbonyl (C=O) groups is 1. The summed E-state index contributed by atoms with van der Waals surface area (Å²) in [6.45, 7) is 6.29. The zero-order valence-corrected chi connectivity index (χ0v) is 14.0. The van der Waals surface area contributed by atoms with Crippen LogP contribution >= 0.6 is 22.9 Å². The third kappa shape index (κ3) is 3.48. The zero-order valence-electron chi connectivity index (χ0n) is 12.5. The van der Waals surface area contributed by atoms with E-state index in [2.05, 4.69) is 20.2 Å². The number of piperazine rings is 1. The number of hydrogen-bond acceptors (Lipinski definition) is 5. The van der Waals surface area contributed by atoms with Gasteiger partial charge in [-0.15, -0.1) is 11.3 Å². The smallest absolute Gasteiger partial charge is 0.169 e. The molecular formula is C16H18ClN3OS. The van der Waals surface area contributed by atoms with Crippen molar-refractivity contribution in [3.8, 4) is 0 Å². The molecule has 0 saturated carbocycles. The number of anilines is 1. The van der Waals surface area contributed by atoms with E-state index in [9.17, 15) is 4.79 Å². The maximum atomic E-state index is 11.4. The molecule has 0 amide bonds. The summed E-state index contributed by atoms with van der Waals surface area (Å²) >= 11 is 7.74. The minimum Gasteiger partial charge on any atom is -0.353 e. The van der Waals surface area contributed by atoms with Gasteiger partial charge in [0, 0.05) is 38.9 Å². The summed E-state index contributed by atoms with van der Waals surface area (Å²) < 4.78 is 0. The molecule has 116 valence electrons. The quantitative estimate of drug-likeness (QED) is 0.803. The van der Waals surface area contributed by atoms with Gasteiger partial charge in [-0.05, 0) is 36.1 Å². The molecule has 0 atom stereocenters. The Bertz CT molecular complexity index is 665. The molecule has 3 rings (SSSR count). The molecule has 1 aliphatic rings. The van der Waals surface area contributed by atoms with Crippen molar-refractivity contribution in [2.75, 3.05) is 31.1 Å². The van der Waals surface area contributed by atoms with Crippen molar-refractivity contribution >= 4 is 34.5 Å². The third-order valence-electron chi connectivity index (χ3n) is 3.82. The zero-order chi connectivity index (χ0) is 15.5. The Morgan fingerprint density at radius 1 is 1.36 bits per heavy atom. The maximum Gasteiger partial charge on any atom is 0.169 e. The lowest BCUT2D eigenvalue weighted by Crippen LogP contribution is -2.46. The molecule has 0 radical (unpaired) electrons. The largest absolute Gasteiger partial charge is 0.353 e. The van der Waals surface area contributed by atoms with Crippen molar-refractivity contribution in [2.45, 2.75) is 13.5 Å². The minimum atomic E-state index is 0.144. The summed E-state index contributed by atoms with van der Waals surface area (Å²) in [7, 11) is 0. The number of aromatic nitrogens is 1. The van der Waals surface area contributed by atoms with Gasteiger partial charge in [0.1, 0.15) is 5.82 Å². The van der Waals surface area contributed by atoms with Crippen LogP contribution in [0, 0.1) is 0 Å². The lowest BCUT2D eigenvalue weighted by Gasteiger charge is -2.35. The van der Waals surface area contributed by atoms with Crippen molar-refractivity contribution in [3.05, 3.63) is 45.2 Å². The van der Waals surface area contributed by atoms with Gasteiger partial charge < -0.3 is 4.90 Å². The number of thiophene rings is 1. The number of rotatable bonds is 4. The van der Waals surface area contributed by atoms with Gasteiger partial charge in [-0.2, -0.15) is 0 Å². The van der Waals surface area contributed by atoms with Crippen molar-refractivity contribution in [3.63, 3.8) is 0 Å². The van der Waals surface area contributed by atoms with Gasteiger partial charge in [-0.1, -0.05) is 11.6 Å². The second kappa shape index (κ2) is 6.77. The van der Waals surface area contributed by atoms with Crippen LogP contribution in [0.3, 0.4) is 0 Å². The summed E-state index contributed by atoms with van der Waals surface area (Å²) in [5, 5.41) is 2.79. The third-order valence-corrected chi connectivity index (χ3v) is 5.19. The van der Waals surface area contributed by atoms with Crippen molar-refractivity contribution in [1.29, 1.82) is 0 Å². The predicted molar refractivity (Wildman–Crippen MR) is 91.1 cm³/mol. The standard InChI is InChI=1S/C16H18ClN3OS/c1-12(21)15-9-13(11-22-15)10-19-5-7-20(8-6-19)16-14(17)3-2-4-18-16/h2-4,9,11H,5-8,10H2,1H3. The molecule has 0 spiro atoms. The van der Waals surface area contributed by atoms with Crippen molar-refractivity contribution in [2.24, 2.45) is 0 Å². The van der Waals surface area contributed by atoms with E-state index in [4.69, 9.17) is 11.6 Å². The van der Waals surface area contributed by atoms with Gasteiger partial charge in [0.15, 0.2) is 5.78 Å². The lowest BCUT2D eigenvalue weighted by atomic mass is 10.2. The molecule has 0 aliphatic carbocycles. The minimum absolute atomic E-state index is 0.144. The van der Waals surface area contributed by atoms with Gasteiger partial charge in [0.05, 0.1) is 9.90 Å². The van der Waals surface area contributed by atoms with Crippen LogP contribution in [0.2, 0.25) is 5.02 Å². The molecule has 6 heteroatoms. The number of ketones is 1. The number of hydrogen-bond donors (Lipinski definition) is 0. The Hall–Kier alpha value is -1.43. The van der Waals surface area contributed by atoms with Crippen LogP contribution < -0.4 is 4.90 Å². The summed E-state index contributed by atoms with van der Waals surface area (Å²) in [4.78, 5) is 21.2. The SMILES string of the molecule is CC(=O)c1cc(CN2CCN(c3ncccc3Cl)CC2)cs1. The van der Waals surface area contributed by atoms with Crippen LogP contribution in [0.15, 0.2) is 29.8 Å². The van der Waals surface area contributed by atoms with E-state index in [1.54, 1.807) is 13.1 Å². The van der Waals surface area contributed by atoms with Crippen LogP contribution in [-0.4, -0.2) is 41.8 Å². The van der Waals surface area contributed by atoms with E-state index in [0.29, 0.717) is 5.02 Å². The first kappa shape index (κ1) is 15.5. The normalized spacial score (nSPS) is 16.0. The van der Waals surface area contributed by atoms with Crippen molar-refractivity contribution in [1.82, 2.24) is 9.88 Å². The Kier molecular flexibility index (Phi) is 4.76. The van der Waals surface area contributed by atoms with Crippen LogP contribution in [0.25, 0.3) is 0 Å². The van der Waals surface area contributed by atoms with Crippen LogP contribution in [-0.2, 0) is 6.54 Å². The highest BCUT2D eigenvalue weighted by Crippen LogP contribution is 2.24. The highest BCUT2D eigenvalue weighted by molar-refractivity contribution is 7.12. The first-order valence-corrected chi connectivity index (χ1v) is 8.55. The van der Waals surface area contributed by atoms with E-state index in [-0.39, 0.29) is 5.78 Å². The Morgan fingerprint density at radius 2 is 2.14 bits per heavy atom. The lowest BCUT2D eigenvalue weighted by molar-refractivity contribution is 0.102. The second-order valence-electron chi connectivity index (χ2n) is 5.45. The first-order valence-electron chi connectivity index (χ1n) is 7.29. The molecule has 2 aromatic rings. The van der Waals surface area contributed by atoms with Gasteiger partial charge in [-0.3, -0.25) is 9.69 Å². The van der Waals surface area contributed by atoms with E-state index in [1.807, 2.05) is 18.2 Å². The van der Waals surface area contributed by atoms with Crippen molar-refractivity contribution < 1.29 is 4.79 Å². The average Bonchev–Trinajstić information content (AvgIpc) is 2.98. The highest BCUT2D eigenvalue weighted by atomic mass is 35.5. The van der Waals surface area contributed by atoms with Crippen LogP contribution in [0.5, 0.6) is 0 Å². The highest BCUT2D eigenvalue weighted by Gasteiger charge is 2.20. The number of halogens is 1. The molecule has 1 saturated heterocycles. The Morgan fingerprint density at radius 3 is 2.77 bits per heavy atom. The van der Waals surface area contributed by atoms with Gasteiger partial charge in [0.2, 0.25) is 0 Å². The number of carbonyl (C=O) groups excluding carboxylic acids is 1. The fourth-order valence-corrected chi connectivity index (χ4v) is 3.68. The van der Waals surface area contributed by atoms with E-state index in [1.165, 1.54) is 16.9 Å². The van der Waals surface area contributed by atoms with Gasteiger partial charge >= 0.3 is 0 Å². The van der Waals surface area contributed by atoms with Gasteiger partial charge in [-0.25, -0.2) is 4.98 Å². The molecule has 1 fully saturated rings. The average molecular weight is 336 g/mol. The molecule has 3 heterocycles. The summed E-state index contributed by atoms with van der Waals surface area (Å²) in [6, 6.07) is 5.74. The molecule has 2 aromatic heterocycles. The molecule has 0 aromatic carbocycles. The van der Waals surface area contributed by atoms with E-state index in [0.717, 1.165) is 43.4 Å². The topological polar surface area (TPSA) is 36.4 Å². The summed E-state index contributed by atoms with van der Waals surface area (Å²) in [6.07, 6.45) is 1.78. The van der Waals surface area contributed by atoms with Crippen LogP contribution in [0.4, 0.5) is 5.82 Å². The molecule has 1 aliphatic heterocycles. The second-order valence-corrected chi connectivity index (χ2v) is 6.77. The number of nitrogens with zero attached hydrogens (tertiary/aromatic N) is 3. The monoisotopic (exact) mass is 335 g/mol. The summed E-state index contributed by atoms with van der Waals surface area (Å²) in [5.41, 5.74) is 1.22. The molecular weight excluding hydrogens is 318 g/mol. The Balaban J connectivity index is 1.57. The van der Waals surface area contributed by atoms with Crippen LogP contribution in [0.1, 0.15) is 22.2 Å². The molecule has 4 nitrogen and oxygen atoms in total. The number of pyridine rings is 1. The fourth-order valence-electron chi connectivity index (χ4n) is 2.63. The first-order chi connectivity index (χ1) is 10.6. The Labute approximate surface area is 139 Å².